The molecule has 0 aliphatic carbocycles. The van der Waals surface area contributed by atoms with Crippen molar-refractivity contribution in [2.75, 3.05) is 13.2 Å². The Balaban J connectivity index is 4.47. The molecule has 76 heavy (non-hydrogen) atoms. The number of carbonyl (C=O) groups is 3. The normalized spacial score (nSPS) is 12.9. The average molecular weight is 1050 g/mol. The minimum Gasteiger partial charge on any atom is -0.462 e. The first kappa shape index (κ1) is 71.8. The molecule has 0 aromatic carbocycles. The standard InChI is InChI=1S/C70H116O6/c1-4-7-10-13-16-19-22-25-28-31-32-33-34-35-36-37-38-40-42-45-48-51-54-57-60-63-69(72)75-66-67(65-74-68(71)62-59-56-53-50-47-44-41-30-27-24-21-18-15-12-9-6-3)76-70(73)64-61-58-55-52-49-46-43-39-29-26-23-20-17-14-11-8-5-2/h7,10,16-17,19-20,25-26,28-30,32-33,35-36,38,40-41,45,48,67H,4-6,8-9,11-15,18,21-24,27,31,34,37,39,42-44,46-47,49-66H2,1-3H3/b10-7-,19-16-,20-17-,28-25-,29-26-,33-32-,36-35-,40-38-,41-30-,48-45-. The van der Waals surface area contributed by atoms with Gasteiger partial charge in [0.25, 0.3) is 0 Å². The van der Waals surface area contributed by atoms with E-state index in [1.165, 1.54) is 116 Å². The Kier molecular flexibility index (Phi) is 59.9. The third kappa shape index (κ3) is 60.7. The van der Waals surface area contributed by atoms with Gasteiger partial charge in [0, 0.05) is 19.3 Å². The van der Waals surface area contributed by atoms with Gasteiger partial charge in [-0.2, -0.15) is 0 Å². The van der Waals surface area contributed by atoms with Gasteiger partial charge in [-0.25, -0.2) is 0 Å². The maximum absolute atomic E-state index is 12.9. The molecule has 0 saturated carbocycles. The molecule has 0 aliphatic heterocycles. The summed E-state index contributed by atoms with van der Waals surface area (Å²) < 4.78 is 16.9. The quantitative estimate of drug-likeness (QED) is 0.0261. The lowest BCUT2D eigenvalue weighted by Crippen LogP contribution is -2.30. The second-order valence-electron chi connectivity index (χ2n) is 20.6. The van der Waals surface area contributed by atoms with Crippen LogP contribution in [-0.2, 0) is 28.6 Å². The molecule has 6 nitrogen and oxygen atoms in total. The average Bonchev–Trinajstić information content (AvgIpc) is 3.42. The zero-order valence-electron chi connectivity index (χ0n) is 49.5. The van der Waals surface area contributed by atoms with Crippen LogP contribution in [0.25, 0.3) is 0 Å². The summed E-state index contributed by atoms with van der Waals surface area (Å²) in [5.41, 5.74) is 0. The third-order valence-corrected chi connectivity index (χ3v) is 13.2. The molecule has 0 rings (SSSR count). The Labute approximate surface area is 469 Å². The summed E-state index contributed by atoms with van der Waals surface area (Å²) in [6.07, 6.45) is 87.6. The van der Waals surface area contributed by atoms with Crippen LogP contribution in [-0.4, -0.2) is 37.2 Å². The summed E-state index contributed by atoms with van der Waals surface area (Å²) >= 11 is 0. The maximum atomic E-state index is 12.9. The Morgan fingerprint density at radius 1 is 0.276 bits per heavy atom. The van der Waals surface area contributed by atoms with E-state index in [4.69, 9.17) is 14.2 Å². The van der Waals surface area contributed by atoms with Crippen LogP contribution < -0.4 is 0 Å². The number of ether oxygens (including phenoxy) is 3. The first-order valence-corrected chi connectivity index (χ1v) is 31.5. The van der Waals surface area contributed by atoms with E-state index in [-0.39, 0.29) is 31.1 Å². The predicted octanol–water partition coefficient (Wildman–Crippen LogP) is 21.6. The van der Waals surface area contributed by atoms with Crippen molar-refractivity contribution in [3.63, 3.8) is 0 Å². The molecule has 0 heterocycles. The Morgan fingerprint density at radius 3 is 0.855 bits per heavy atom. The Bertz CT molecular complexity index is 1590. The lowest BCUT2D eigenvalue weighted by Gasteiger charge is -2.18. The van der Waals surface area contributed by atoms with Crippen LogP contribution in [0.1, 0.15) is 284 Å². The van der Waals surface area contributed by atoms with Crippen LogP contribution in [0.5, 0.6) is 0 Å². The molecule has 0 fully saturated rings. The van der Waals surface area contributed by atoms with E-state index < -0.39 is 6.10 Å². The fourth-order valence-corrected chi connectivity index (χ4v) is 8.45. The second kappa shape index (κ2) is 63.3. The van der Waals surface area contributed by atoms with Crippen molar-refractivity contribution in [2.45, 2.75) is 290 Å². The summed E-state index contributed by atoms with van der Waals surface area (Å²) in [7, 11) is 0. The molecule has 0 N–H and O–H groups in total. The molecule has 0 spiro atoms. The van der Waals surface area contributed by atoms with Crippen LogP contribution >= 0.6 is 0 Å². The van der Waals surface area contributed by atoms with Gasteiger partial charge >= 0.3 is 17.9 Å². The topological polar surface area (TPSA) is 78.9 Å². The highest BCUT2D eigenvalue weighted by atomic mass is 16.6. The molecule has 0 bridgehead atoms. The molecule has 6 heteroatoms. The molecule has 1 unspecified atom stereocenters. The largest absolute Gasteiger partial charge is 0.462 e. The fraction of sp³-hybridized carbons (Fsp3) is 0.671. The van der Waals surface area contributed by atoms with Crippen LogP contribution in [0, 0.1) is 0 Å². The van der Waals surface area contributed by atoms with Crippen LogP contribution in [0.3, 0.4) is 0 Å². The summed E-state index contributed by atoms with van der Waals surface area (Å²) in [6, 6.07) is 0. The highest BCUT2D eigenvalue weighted by Crippen LogP contribution is 2.14. The van der Waals surface area contributed by atoms with Crippen molar-refractivity contribution in [2.24, 2.45) is 0 Å². The number of hydrogen-bond acceptors (Lipinski definition) is 6. The monoisotopic (exact) mass is 1050 g/mol. The minimum absolute atomic E-state index is 0.0983. The molecule has 432 valence electrons. The number of hydrogen-bond donors (Lipinski definition) is 0. The highest BCUT2D eigenvalue weighted by Gasteiger charge is 2.19. The van der Waals surface area contributed by atoms with Gasteiger partial charge in [-0.3, -0.25) is 14.4 Å². The SMILES string of the molecule is CC/C=C\C/C=C\C/C=C\C/C=C\C/C=C\C/C=C\C/C=C\CCCCCC(=O)OCC(COC(=O)CCCCCCC/C=C\CCCCCCCCC)OC(=O)CCCCCCCCC/C=C\C/C=C\CCCCC. The van der Waals surface area contributed by atoms with Crippen LogP contribution in [0.2, 0.25) is 0 Å². The lowest BCUT2D eigenvalue weighted by atomic mass is 10.1. The number of esters is 3. The van der Waals surface area contributed by atoms with Gasteiger partial charge in [-0.1, -0.05) is 251 Å². The number of unbranched alkanes of at least 4 members (excludes halogenated alkanes) is 25. The zero-order chi connectivity index (χ0) is 55.0. The molecular formula is C70H116O6. The van der Waals surface area contributed by atoms with Crippen molar-refractivity contribution < 1.29 is 28.6 Å². The highest BCUT2D eigenvalue weighted by molar-refractivity contribution is 5.71. The smallest absolute Gasteiger partial charge is 0.306 e. The zero-order valence-corrected chi connectivity index (χ0v) is 49.5. The van der Waals surface area contributed by atoms with E-state index in [1.807, 2.05) is 0 Å². The molecule has 0 aromatic rings. The van der Waals surface area contributed by atoms with E-state index in [9.17, 15) is 14.4 Å². The molecule has 0 amide bonds. The summed E-state index contributed by atoms with van der Waals surface area (Å²) in [4.78, 5) is 38.3. The number of allylic oxidation sites excluding steroid dienone is 20. The van der Waals surface area contributed by atoms with Crippen molar-refractivity contribution in [3.05, 3.63) is 122 Å². The second-order valence-corrected chi connectivity index (χ2v) is 20.6. The van der Waals surface area contributed by atoms with E-state index >= 15 is 0 Å². The third-order valence-electron chi connectivity index (χ3n) is 13.2. The predicted molar refractivity (Wildman–Crippen MR) is 330 cm³/mol. The van der Waals surface area contributed by atoms with Gasteiger partial charge < -0.3 is 14.2 Å². The van der Waals surface area contributed by atoms with Gasteiger partial charge in [0.05, 0.1) is 0 Å². The van der Waals surface area contributed by atoms with Crippen molar-refractivity contribution in [3.8, 4) is 0 Å². The molecule has 0 aromatic heterocycles. The first-order valence-electron chi connectivity index (χ1n) is 31.5. The first-order chi connectivity index (χ1) is 37.5. The number of carbonyl (C=O) groups excluding carboxylic acids is 3. The van der Waals surface area contributed by atoms with E-state index in [0.29, 0.717) is 19.3 Å². The van der Waals surface area contributed by atoms with E-state index in [1.54, 1.807) is 0 Å². The minimum atomic E-state index is -0.804. The molecule has 0 saturated heterocycles. The summed E-state index contributed by atoms with van der Waals surface area (Å²) in [6.45, 7) is 6.47. The fourth-order valence-electron chi connectivity index (χ4n) is 8.45. The van der Waals surface area contributed by atoms with Crippen molar-refractivity contribution >= 4 is 17.9 Å². The van der Waals surface area contributed by atoms with Crippen LogP contribution in [0.4, 0.5) is 0 Å². The van der Waals surface area contributed by atoms with Gasteiger partial charge in [-0.15, -0.1) is 0 Å². The molecular weight excluding hydrogens is 937 g/mol. The Hall–Kier alpha value is -4.19. The summed E-state index contributed by atoms with van der Waals surface area (Å²) in [5, 5.41) is 0. The lowest BCUT2D eigenvalue weighted by molar-refractivity contribution is -0.167. The van der Waals surface area contributed by atoms with E-state index in [2.05, 4.69) is 142 Å². The van der Waals surface area contributed by atoms with Gasteiger partial charge in [-0.05, 0) is 135 Å². The maximum Gasteiger partial charge on any atom is 0.306 e. The summed E-state index contributed by atoms with van der Waals surface area (Å²) in [5.74, 6) is -0.944. The molecule has 0 aliphatic rings. The molecule has 0 radical (unpaired) electrons. The van der Waals surface area contributed by atoms with E-state index in [0.717, 1.165) is 128 Å². The molecule has 1 atom stereocenters. The Morgan fingerprint density at radius 2 is 0.513 bits per heavy atom. The van der Waals surface area contributed by atoms with Gasteiger partial charge in [0.2, 0.25) is 0 Å². The van der Waals surface area contributed by atoms with Gasteiger partial charge in [0.1, 0.15) is 13.2 Å². The van der Waals surface area contributed by atoms with Crippen LogP contribution in [0.15, 0.2) is 122 Å². The van der Waals surface area contributed by atoms with Crippen molar-refractivity contribution in [1.82, 2.24) is 0 Å². The number of rotatable bonds is 56. The van der Waals surface area contributed by atoms with Crippen molar-refractivity contribution in [1.29, 1.82) is 0 Å². The van der Waals surface area contributed by atoms with Gasteiger partial charge in [0.15, 0.2) is 6.10 Å².